The molecule has 0 radical (unpaired) electrons. The van der Waals surface area contributed by atoms with Gasteiger partial charge in [0.05, 0.1) is 18.1 Å². The number of hydrogen-bond acceptors (Lipinski definition) is 5. The number of imidazole rings is 1. The summed E-state index contributed by atoms with van der Waals surface area (Å²) in [4.78, 5) is 10.4. The SMILES string of the molecule is Cc1cc2c(cc1CN1CCc3[nH]cnc3[C@@H]1c1ccsc1)OCO2. The van der Waals surface area contributed by atoms with E-state index in [1.54, 1.807) is 11.3 Å². The summed E-state index contributed by atoms with van der Waals surface area (Å²) in [5, 5.41) is 4.37. The number of H-pyrrole nitrogens is 1. The number of benzene rings is 1. The third kappa shape index (κ3) is 2.53. The van der Waals surface area contributed by atoms with Crippen molar-refractivity contribution in [3.8, 4) is 11.5 Å². The summed E-state index contributed by atoms with van der Waals surface area (Å²) in [5.41, 5.74) is 6.25. The van der Waals surface area contributed by atoms with Crippen molar-refractivity contribution in [1.29, 1.82) is 0 Å². The summed E-state index contributed by atoms with van der Waals surface area (Å²) in [5.74, 6) is 1.70. The molecule has 0 amide bonds. The number of nitrogens with one attached hydrogen (secondary N) is 1. The fourth-order valence-electron chi connectivity index (χ4n) is 3.77. The predicted octanol–water partition coefficient (Wildman–Crippen LogP) is 3.66. The minimum absolute atomic E-state index is 0.200. The lowest BCUT2D eigenvalue weighted by Crippen LogP contribution is -2.35. The zero-order valence-corrected chi connectivity index (χ0v) is 14.8. The van der Waals surface area contributed by atoms with Crippen molar-refractivity contribution < 1.29 is 9.47 Å². The van der Waals surface area contributed by atoms with Crippen LogP contribution in [0.25, 0.3) is 0 Å². The molecule has 1 atom stereocenters. The van der Waals surface area contributed by atoms with Gasteiger partial charge in [0.15, 0.2) is 11.5 Å². The molecule has 128 valence electrons. The van der Waals surface area contributed by atoms with Crippen LogP contribution >= 0.6 is 11.3 Å². The Balaban J connectivity index is 1.51. The molecule has 3 aromatic rings. The average molecular weight is 353 g/mol. The smallest absolute Gasteiger partial charge is 0.231 e. The topological polar surface area (TPSA) is 50.4 Å². The highest BCUT2D eigenvalue weighted by Gasteiger charge is 2.31. The highest BCUT2D eigenvalue weighted by atomic mass is 32.1. The van der Waals surface area contributed by atoms with Gasteiger partial charge in [-0.25, -0.2) is 4.98 Å². The lowest BCUT2D eigenvalue weighted by Gasteiger charge is -2.35. The van der Waals surface area contributed by atoms with Crippen molar-refractivity contribution in [2.24, 2.45) is 0 Å². The molecule has 5 nitrogen and oxygen atoms in total. The molecule has 0 unspecified atom stereocenters. The highest BCUT2D eigenvalue weighted by Crippen LogP contribution is 2.38. The van der Waals surface area contributed by atoms with E-state index in [-0.39, 0.29) is 6.04 Å². The first kappa shape index (κ1) is 15.0. The van der Waals surface area contributed by atoms with Crippen LogP contribution in [0.4, 0.5) is 0 Å². The average Bonchev–Trinajstić information content (AvgIpc) is 3.36. The maximum atomic E-state index is 5.57. The van der Waals surface area contributed by atoms with Gasteiger partial charge in [-0.2, -0.15) is 11.3 Å². The van der Waals surface area contributed by atoms with E-state index in [1.807, 2.05) is 6.33 Å². The molecule has 0 aliphatic carbocycles. The van der Waals surface area contributed by atoms with Crippen molar-refractivity contribution in [3.63, 3.8) is 0 Å². The Morgan fingerprint density at radius 2 is 2.20 bits per heavy atom. The van der Waals surface area contributed by atoms with Crippen molar-refractivity contribution in [2.75, 3.05) is 13.3 Å². The number of nitrogens with zero attached hydrogens (tertiary/aromatic N) is 2. The minimum atomic E-state index is 0.200. The Bertz CT molecular complexity index is 904. The molecule has 1 aromatic carbocycles. The van der Waals surface area contributed by atoms with Gasteiger partial charge < -0.3 is 14.5 Å². The Kier molecular flexibility index (Phi) is 3.53. The lowest BCUT2D eigenvalue weighted by atomic mass is 9.96. The third-order valence-electron chi connectivity index (χ3n) is 5.09. The quantitative estimate of drug-likeness (QED) is 0.781. The molecule has 2 aliphatic heterocycles. The number of aryl methyl sites for hydroxylation is 1. The van der Waals surface area contributed by atoms with Crippen molar-refractivity contribution in [3.05, 3.63) is 63.4 Å². The standard InChI is InChI=1S/C19H19N3O2S/c1-12-6-16-17(24-11-23-16)7-14(12)8-22-4-2-15-18(21-10-20-15)19(22)13-3-5-25-9-13/h3,5-7,9-10,19H,2,4,8,11H2,1H3,(H,20,21)/t19-/m0/s1. The Morgan fingerprint density at radius 1 is 1.32 bits per heavy atom. The van der Waals surface area contributed by atoms with Crippen LogP contribution in [-0.2, 0) is 13.0 Å². The molecule has 2 aromatic heterocycles. The second-order valence-corrected chi connectivity index (χ2v) is 7.36. The summed E-state index contributed by atoms with van der Waals surface area (Å²) >= 11 is 1.74. The molecule has 0 saturated carbocycles. The van der Waals surface area contributed by atoms with Crippen LogP contribution < -0.4 is 9.47 Å². The summed E-state index contributed by atoms with van der Waals surface area (Å²) in [6, 6.07) is 6.62. The number of fused-ring (bicyclic) bond motifs is 2. The van der Waals surface area contributed by atoms with E-state index < -0.39 is 0 Å². The number of aromatic nitrogens is 2. The maximum absolute atomic E-state index is 5.57. The van der Waals surface area contributed by atoms with E-state index >= 15 is 0 Å². The van der Waals surface area contributed by atoms with Crippen LogP contribution in [0.2, 0.25) is 0 Å². The molecule has 0 bridgehead atoms. The van der Waals surface area contributed by atoms with E-state index in [2.05, 4.69) is 50.8 Å². The first-order chi connectivity index (χ1) is 12.3. The monoisotopic (exact) mass is 353 g/mol. The fraction of sp³-hybridized carbons (Fsp3) is 0.316. The minimum Gasteiger partial charge on any atom is -0.454 e. The molecule has 2 aliphatic rings. The van der Waals surface area contributed by atoms with E-state index in [9.17, 15) is 0 Å². The van der Waals surface area contributed by atoms with Crippen molar-refractivity contribution >= 4 is 11.3 Å². The van der Waals surface area contributed by atoms with E-state index in [4.69, 9.17) is 9.47 Å². The Morgan fingerprint density at radius 3 is 3.04 bits per heavy atom. The first-order valence-electron chi connectivity index (χ1n) is 8.47. The van der Waals surface area contributed by atoms with Gasteiger partial charge in [0.2, 0.25) is 6.79 Å². The van der Waals surface area contributed by atoms with Crippen LogP contribution in [0.5, 0.6) is 11.5 Å². The molecule has 0 saturated heterocycles. The second kappa shape index (κ2) is 5.89. The number of ether oxygens (including phenoxy) is 2. The van der Waals surface area contributed by atoms with E-state index in [0.717, 1.165) is 36.7 Å². The first-order valence-corrected chi connectivity index (χ1v) is 9.41. The van der Waals surface area contributed by atoms with E-state index in [0.29, 0.717) is 6.79 Å². The zero-order valence-electron chi connectivity index (χ0n) is 14.0. The predicted molar refractivity (Wildman–Crippen MR) is 96.2 cm³/mol. The van der Waals surface area contributed by atoms with Gasteiger partial charge in [0.25, 0.3) is 0 Å². The normalized spacial score (nSPS) is 19.2. The van der Waals surface area contributed by atoms with Gasteiger partial charge in [-0.15, -0.1) is 0 Å². The zero-order chi connectivity index (χ0) is 16.8. The Labute approximate surface area is 150 Å². The number of hydrogen-bond donors (Lipinski definition) is 1. The van der Waals surface area contributed by atoms with Gasteiger partial charge in [-0.3, -0.25) is 4.90 Å². The largest absolute Gasteiger partial charge is 0.454 e. The summed E-state index contributed by atoms with van der Waals surface area (Å²) in [7, 11) is 0. The molecule has 0 fully saturated rings. The van der Waals surface area contributed by atoms with Crippen LogP contribution in [0.15, 0.2) is 35.3 Å². The van der Waals surface area contributed by atoms with Crippen LogP contribution in [-0.4, -0.2) is 28.2 Å². The maximum Gasteiger partial charge on any atom is 0.231 e. The summed E-state index contributed by atoms with van der Waals surface area (Å²) in [6.07, 6.45) is 2.82. The van der Waals surface area contributed by atoms with Gasteiger partial charge in [0.1, 0.15) is 0 Å². The van der Waals surface area contributed by atoms with Crippen molar-refractivity contribution in [1.82, 2.24) is 14.9 Å². The van der Waals surface area contributed by atoms with Gasteiger partial charge in [-0.05, 0) is 52.6 Å². The molecular weight excluding hydrogens is 334 g/mol. The van der Waals surface area contributed by atoms with Gasteiger partial charge in [-0.1, -0.05) is 0 Å². The molecule has 25 heavy (non-hydrogen) atoms. The number of rotatable bonds is 3. The molecule has 6 heteroatoms. The summed E-state index contributed by atoms with van der Waals surface area (Å²) < 4.78 is 11.1. The highest BCUT2D eigenvalue weighted by molar-refractivity contribution is 7.08. The van der Waals surface area contributed by atoms with Gasteiger partial charge >= 0.3 is 0 Å². The van der Waals surface area contributed by atoms with Crippen molar-refractivity contribution in [2.45, 2.75) is 25.9 Å². The second-order valence-electron chi connectivity index (χ2n) is 6.58. The molecule has 0 spiro atoms. The molecule has 5 rings (SSSR count). The fourth-order valence-corrected chi connectivity index (χ4v) is 4.45. The van der Waals surface area contributed by atoms with Crippen LogP contribution in [0.1, 0.15) is 34.1 Å². The van der Waals surface area contributed by atoms with Gasteiger partial charge in [0, 0.05) is 25.2 Å². The molecular formula is C19H19N3O2S. The number of thiophene rings is 1. The Hall–Kier alpha value is -2.31. The van der Waals surface area contributed by atoms with Crippen LogP contribution in [0.3, 0.4) is 0 Å². The third-order valence-corrected chi connectivity index (χ3v) is 5.79. The van der Waals surface area contributed by atoms with Crippen LogP contribution in [0, 0.1) is 6.92 Å². The molecule has 4 heterocycles. The van der Waals surface area contributed by atoms with E-state index in [1.165, 1.54) is 22.4 Å². The molecule has 1 N–H and O–H groups in total. The summed E-state index contributed by atoms with van der Waals surface area (Å²) in [6.45, 7) is 4.33. The lowest BCUT2D eigenvalue weighted by molar-refractivity contribution is 0.173. The number of aromatic amines is 1.